The van der Waals surface area contributed by atoms with E-state index in [0.717, 1.165) is 12.1 Å². The molecule has 17 heavy (non-hydrogen) atoms. The number of halogens is 4. The molecule has 0 unspecified atom stereocenters. The van der Waals surface area contributed by atoms with Crippen LogP contribution in [-0.4, -0.2) is 11.1 Å². The van der Waals surface area contributed by atoms with E-state index in [2.05, 4.69) is 0 Å². The molecule has 0 aliphatic carbocycles. The van der Waals surface area contributed by atoms with Crippen molar-refractivity contribution < 1.29 is 27.5 Å². The van der Waals surface area contributed by atoms with Gasteiger partial charge in [-0.15, -0.1) is 0 Å². The van der Waals surface area contributed by atoms with Crippen LogP contribution in [0.3, 0.4) is 0 Å². The molecule has 2 nitrogen and oxygen atoms in total. The monoisotopic (exact) mass is 248 g/mol. The molecule has 0 aliphatic heterocycles. The van der Waals surface area contributed by atoms with Crippen molar-refractivity contribution in [2.24, 2.45) is 0 Å². The Labute approximate surface area is 94.2 Å². The number of benzene rings is 1. The summed E-state index contributed by atoms with van der Waals surface area (Å²) >= 11 is 0. The molecule has 0 bridgehead atoms. The predicted octanol–water partition coefficient (Wildman–Crippen LogP) is 3.33. The number of hydrogen-bond acceptors (Lipinski definition) is 1. The van der Waals surface area contributed by atoms with E-state index in [0.29, 0.717) is 12.1 Å². The zero-order valence-corrected chi connectivity index (χ0v) is 8.68. The number of carboxylic acid groups (broad SMARTS) is 1. The summed E-state index contributed by atoms with van der Waals surface area (Å²) in [5.41, 5.74) is -1.47. The SMILES string of the molecule is CC(=Cc1cc(F)cc(C(F)(F)F)c1)C(=O)O. The Morgan fingerprint density at radius 2 is 1.88 bits per heavy atom. The molecule has 0 spiro atoms. The molecule has 92 valence electrons. The highest BCUT2D eigenvalue weighted by molar-refractivity contribution is 5.91. The summed E-state index contributed by atoms with van der Waals surface area (Å²) in [5, 5.41) is 8.56. The summed E-state index contributed by atoms with van der Waals surface area (Å²) in [6.07, 6.45) is -3.69. The molecule has 0 saturated carbocycles. The van der Waals surface area contributed by atoms with Crippen LogP contribution in [0, 0.1) is 5.82 Å². The third-order valence-corrected chi connectivity index (χ3v) is 1.97. The third kappa shape index (κ3) is 3.58. The van der Waals surface area contributed by atoms with Gasteiger partial charge in [0, 0.05) is 5.57 Å². The van der Waals surface area contributed by atoms with Gasteiger partial charge in [0.25, 0.3) is 0 Å². The lowest BCUT2D eigenvalue weighted by Gasteiger charge is -2.07. The number of alkyl halides is 3. The Hall–Kier alpha value is -1.85. The van der Waals surface area contributed by atoms with Gasteiger partial charge in [-0.2, -0.15) is 13.2 Å². The van der Waals surface area contributed by atoms with Gasteiger partial charge in [-0.1, -0.05) is 0 Å². The van der Waals surface area contributed by atoms with Gasteiger partial charge in [-0.05, 0) is 36.8 Å². The van der Waals surface area contributed by atoms with Crippen LogP contribution in [-0.2, 0) is 11.0 Å². The Morgan fingerprint density at radius 3 is 2.35 bits per heavy atom. The van der Waals surface area contributed by atoms with E-state index in [1.54, 1.807) is 0 Å². The van der Waals surface area contributed by atoms with Crippen molar-refractivity contribution >= 4 is 12.0 Å². The van der Waals surface area contributed by atoms with Gasteiger partial charge in [0.15, 0.2) is 0 Å². The van der Waals surface area contributed by atoms with Crippen molar-refractivity contribution in [1.29, 1.82) is 0 Å². The average molecular weight is 248 g/mol. The molecule has 1 rings (SSSR count). The highest BCUT2D eigenvalue weighted by Crippen LogP contribution is 2.30. The number of rotatable bonds is 2. The second kappa shape index (κ2) is 4.57. The van der Waals surface area contributed by atoms with Crippen LogP contribution in [0.2, 0.25) is 0 Å². The minimum atomic E-state index is -4.66. The molecule has 0 amide bonds. The maximum absolute atomic E-state index is 12.9. The quantitative estimate of drug-likeness (QED) is 0.643. The molecule has 0 aromatic heterocycles. The third-order valence-electron chi connectivity index (χ3n) is 1.97. The summed E-state index contributed by atoms with van der Waals surface area (Å²) < 4.78 is 50.0. The van der Waals surface area contributed by atoms with Crippen LogP contribution in [0.25, 0.3) is 6.08 Å². The Kier molecular flexibility index (Phi) is 3.55. The highest BCUT2D eigenvalue weighted by atomic mass is 19.4. The molecule has 0 saturated heterocycles. The molecule has 0 fully saturated rings. The van der Waals surface area contributed by atoms with Gasteiger partial charge in [0.1, 0.15) is 5.82 Å². The van der Waals surface area contributed by atoms with Crippen LogP contribution in [0.5, 0.6) is 0 Å². The van der Waals surface area contributed by atoms with E-state index in [-0.39, 0.29) is 11.1 Å². The van der Waals surface area contributed by atoms with Crippen molar-refractivity contribution in [2.75, 3.05) is 0 Å². The molecular formula is C11H8F4O2. The van der Waals surface area contributed by atoms with Crippen LogP contribution in [0.4, 0.5) is 17.6 Å². The highest BCUT2D eigenvalue weighted by Gasteiger charge is 2.31. The van der Waals surface area contributed by atoms with E-state index in [4.69, 9.17) is 5.11 Å². The molecule has 6 heteroatoms. The molecule has 0 radical (unpaired) electrons. The lowest BCUT2D eigenvalue weighted by atomic mass is 10.1. The van der Waals surface area contributed by atoms with Crippen molar-refractivity contribution in [1.82, 2.24) is 0 Å². The van der Waals surface area contributed by atoms with Crippen LogP contribution >= 0.6 is 0 Å². The fraction of sp³-hybridized carbons (Fsp3) is 0.182. The van der Waals surface area contributed by atoms with Gasteiger partial charge in [0.05, 0.1) is 5.56 Å². The van der Waals surface area contributed by atoms with E-state index >= 15 is 0 Å². The number of hydrogen-bond donors (Lipinski definition) is 1. The first-order valence-corrected chi connectivity index (χ1v) is 4.49. The first-order chi connectivity index (χ1) is 7.70. The largest absolute Gasteiger partial charge is 0.478 e. The first kappa shape index (κ1) is 13.2. The normalized spacial score (nSPS) is 12.6. The maximum atomic E-state index is 12.9. The summed E-state index contributed by atoms with van der Waals surface area (Å²) in [6, 6.07) is 1.88. The number of carboxylic acids is 1. The molecule has 0 aliphatic rings. The molecule has 1 N–H and O–H groups in total. The Bertz CT molecular complexity index is 475. The van der Waals surface area contributed by atoms with Crippen molar-refractivity contribution in [2.45, 2.75) is 13.1 Å². The Balaban J connectivity index is 3.24. The van der Waals surface area contributed by atoms with Gasteiger partial charge < -0.3 is 5.11 Å². The second-order valence-electron chi connectivity index (χ2n) is 3.40. The van der Waals surface area contributed by atoms with Gasteiger partial charge in [-0.25, -0.2) is 9.18 Å². The molecule has 1 aromatic carbocycles. The summed E-state index contributed by atoms with van der Waals surface area (Å²) in [4.78, 5) is 10.5. The minimum Gasteiger partial charge on any atom is -0.478 e. The maximum Gasteiger partial charge on any atom is 0.416 e. The molecule has 1 aromatic rings. The van der Waals surface area contributed by atoms with E-state index in [1.807, 2.05) is 0 Å². The number of aliphatic carboxylic acids is 1. The van der Waals surface area contributed by atoms with Crippen molar-refractivity contribution in [3.8, 4) is 0 Å². The molecule has 0 heterocycles. The van der Waals surface area contributed by atoms with E-state index < -0.39 is 23.5 Å². The standard InChI is InChI=1S/C11H8F4O2/c1-6(10(16)17)2-7-3-8(11(13,14)15)5-9(12)4-7/h2-5H,1H3,(H,16,17). The zero-order chi connectivity index (χ0) is 13.2. The van der Waals surface area contributed by atoms with E-state index in [9.17, 15) is 22.4 Å². The van der Waals surface area contributed by atoms with Crippen LogP contribution in [0.15, 0.2) is 23.8 Å². The summed E-state index contributed by atoms with van der Waals surface area (Å²) in [7, 11) is 0. The van der Waals surface area contributed by atoms with Crippen molar-refractivity contribution in [3.63, 3.8) is 0 Å². The van der Waals surface area contributed by atoms with Gasteiger partial charge >= 0.3 is 12.1 Å². The minimum absolute atomic E-state index is 0.141. The van der Waals surface area contributed by atoms with Crippen LogP contribution in [0.1, 0.15) is 18.1 Å². The summed E-state index contributed by atoms with van der Waals surface area (Å²) in [5.74, 6) is -2.34. The van der Waals surface area contributed by atoms with Gasteiger partial charge in [0.2, 0.25) is 0 Å². The fourth-order valence-corrected chi connectivity index (χ4v) is 1.17. The average Bonchev–Trinajstić information content (AvgIpc) is 2.15. The van der Waals surface area contributed by atoms with Gasteiger partial charge in [-0.3, -0.25) is 0 Å². The van der Waals surface area contributed by atoms with E-state index in [1.165, 1.54) is 6.92 Å². The smallest absolute Gasteiger partial charge is 0.416 e. The lowest BCUT2D eigenvalue weighted by molar-refractivity contribution is -0.137. The topological polar surface area (TPSA) is 37.3 Å². The predicted molar refractivity (Wildman–Crippen MR) is 52.7 cm³/mol. The van der Waals surface area contributed by atoms with Crippen LogP contribution < -0.4 is 0 Å². The Morgan fingerprint density at radius 1 is 1.29 bits per heavy atom. The fourth-order valence-electron chi connectivity index (χ4n) is 1.17. The molecular weight excluding hydrogens is 240 g/mol. The summed E-state index contributed by atoms with van der Waals surface area (Å²) in [6.45, 7) is 1.21. The second-order valence-corrected chi connectivity index (χ2v) is 3.40. The molecule has 0 atom stereocenters. The zero-order valence-electron chi connectivity index (χ0n) is 8.68. The lowest BCUT2D eigenvalue weighted by Crippen LogP contribution is -2.06. The first-order valence-electron chi connectivity index (χ1n) is 4.49. The number of carbonyl (C=O) groups is 1. The van der Waals surface area contributed by atoms with Crippen molar-refractivity contribution in [3.05, 3.63) is 40.7 Å².